The van der Waals surface area contributed by atoms with Crippen LogP contribution in [0, 0.1) is 5.92 Å². The lowest BCUT2D eigenvalue weighted by Gasteiger charge is -2.21. The van der Waals surface area contributed by atoms with E-state index in [1.807, 2.05) is 0 Å². The average Bonchev–Trinajstić information content (AvgIpc) is 3.51. The molecule has 0 radical (unpaired) electrons. The molecule has 1 heterocycles. The Labute approximate surface area is 203 Å². The monoisotopic (exact) mass is 446 g/mol. The Morgan fingerprint density at radius 1 is 0.912 bits per heavy atom. The van der Waals surface area contributed by atoms with Crippen LogP contribution in [-0.2, 0) is 4.74 Å². The molecular formula is C33H34O. The van der Waals surface area contributed by atoms with E-state index in [1.54, 1.807) is 0 Å². The molecule has 0 saturated carbocycles. The van der Waals surface area contributed by atoms with Gasteiger partial charge in [-0.25, -0.2) is 0 Å². The maximum Gasteiger partial charge on any atom is 0.119 e. The summed E-state index contributed by atoms with van der Waals surface area (Å²) in [4.78, 5) is 0. The van der Waals surface area contributed by atoms with E-state index in [1.165, 1.54) is 63.8 Å². The molecule has 1 nitrogen and oxygen atoms in total. The Kier molecular flexibility index (Phi) is 4.76. The first kappa shape index (κ1) is 20.6. The molecule has 0 bridgehead atoms. The highest BCUT2D eigenvalue weighted by molar-refractivity contribution is 5.80. The number of hydrogen-bond acceptors (Lipinski definition) is 1. The molecule has 2 aromatic rings. The average molecular weight is 447 g/mol. The Bertz CT molecular complexity index is 1290. The van der Waals surface area contributed by atoms with Crippen LogP contribution in [0.5, 0.6) is 0 Å². The molecule has 34 heavy (non-hydrogen) atoms. The molecule has 7 rings (SSSR count). The van der Waals surface area contributed by atoms with Gasteiger partial charge in [-0.05, 0) is 84.1 Å². The molecule has 1 aliphatic heterocycles. The first-order chi connectivity index (χ1) is 16.7. The molecule has 5 atom stereocenters. The third-order valence-electron chi connectivity index (χ3n) is 9.02. The summed E-state index contributed by atoms with van der Waals surface area (Å²) in [5.41, 5.74) is 12.0. The molecule has 0 amide bonds. The summed E-state index contributed by atoms with van der Waals surface area (Å²) in [6.45, 7) is 4.58. The fourth-order valence-electron chi connectivity index (χ4n) is 7.27. The minimum Gasteiger partial charge on any atom is -0.489 e. The summed E-state index contributed by atoms with van der Waals surface area (Å²) in [7, 11) is 0. The van der Waals surface area contributed by atoms with E-state index in [-0.39, 0.29) is 0 Å². The summed E-state index contributed by atoms with van der Waals surface area (Å²) in [6, 6.07) is 14.7. The smallest absolute Gasteiger partial charge is 0.119 e. The van der Waals surface area contributed by atoms with Crippen LogP contribution in [0.2, 0.25) is 0 Å². The molecular weight excluding hydrogens is 412 g/mol. The van der Waals surface area contributed by atoms with Crippen LogP contribution in [0.15, 0.2) is 83.7 Å². The summed E-state index contributed by atoms with van der Waals surface area (Å²) >= 11 is 0. The van der Waals surface area contributed by atoms with Crippen LogP contribution in [0.1, 0.15) is 92.4 Å². The zero-order chi connectivity index (χ0) is 22.8. The van der Waals surface area contributed by atoms with Gasteiger partial charge < -0.3 is 4.74 Å². The molecule has 0 saturated heterocycles. The summed E-state index contributed by atoms with van der Waals surface area (Å²) in [6.07, 6.45) is 19.4. The third kappa shape index (κ3) is 3.13. The van der Waals surface area contributed by atoms with Crippen molar-refractivity contribution in [1.82, 2.24) is 0 Å². The Morgan fingerprint density at radius 3 is 2.38 bits per heavy atom. The summed E-state index contributed by atoms with van der Waals surface area (Å²) in [5.74, 6) is 3.19. The predicted molar refractivity (Wildman–Crippen MR) is 140 cm³/mol. The van der Waals surface area contributed by atoms with Crippen molar-refractivity contribution >= 4 is 0 Å². The first-order valence-corrected chi connectivity index (χ1v) is 13.4. The van der Waals surface area contributed by atoms with E-state index in [0.29, 0.717) is 29.8 Å². The lowest BCUT2D eigenvalue weighted by Crippen LogP contribution is -2.12. The zero-order valence-electron chi connectivity index (χ0n) is 20.4. The van der Waals surface area contributed by atoms with Crippen LogP contribution in [0.25, 0.3) is 11.1 Å². The molecule has 0 spiro atoms. The van der Waals surface area contributed by atoms with Gasteiger partial charge in [0.1, 0.15) is 11.9 Å². The highest BCUT2D eigenvalue weighted by Crippen LogP contribution is 2.51. The highest BCUT2D eigenvalue weighted by Gasteiger charge is 2.40. The van der Waals surface area contributed by atoms with Crippen LogP contribution in [0.4, 0.5) is 0 Å². The van der Waals surface area contributed by atoms with Crippen LogP contribution in [-0.4, -0.2) is 6.10 Å². The van der Waals surface area contributed by atoms with E-state index >= 15 is 0 Å². The van der Waals surface area contributed by atoms with Crippen LogP contribution in [0.3, 0.4) is 0 Å². The Hall–Kier alpha value is -2.80. The van der Waals surface area contributed by atoms with Crippen molar-refractivity contribution in [2.24, 2.45) is 5.92 Å². The van der Waals surface area contributed by atoms with Crippen LogP contribution < -0.4 is 0 Å². The lowest BCUT2D eigenvalue weighted by molar-refractivity contribution is 0.141. The largest absolute Gasteiger partial charge is 0.489 e. The predicted octanol–water partition coefficient (Wildman–Crippen LogP) is 8.70. The molecule has 0 aromatic heterocycles. The SMILES string of the molecule is CCC1c2ccc(C3C=CCCC3)cc2-c2cc(C3C=CC4=C(C3)C3C=C(C)CC3O4)ccc21. The fraction of sp³-hybridized carbons (Fsp3) is 0.394. The Balaban J connectivity index is 1.24. The number of allylic oxidation sites excluding steroid dienone is 4. The quantitative estimate of drug-likeness (QED) is 0.428. The maximum absolute atomic E-state index is 6.30. The van der Waals surface area contributed by atoms with Crippen molar-refractivity contribution in [1.29, 1.82) is 0 Å². The standard InChI is InChI=1S/C33H34O/c1-3-25-26-12-9-22(21-7-5-4-6-8-21)17-28(26)29-18-23(10-13-27(25)29)24-11-14-32-31(19-24)30-15-20(2)16-33(30)34-32/h5,7,9-15,17-18,21,24-25,30,33H,3-4,6,8,16,19H2,1-2H3. The van der Waals surface area contributed by atoms with Gasteiger partial charge in [0.2, 0.25) is 0 Å². The van der Waals surface area contributed by atoms with Crippen molar-refractivity contribution in [2.75, 3.05) is 0 Å². The van der Waals surface area contributed by atoms with E-state index in [9.17, 15) is 0 Å². The topological polar surface area (TPSA) is 9.23 Å². The molecule has 0 fully saturated rings. The number of benzene rings is 2. The maximum atomic E-state index is 6.30. The van der Waals surface area contributed by atoms with Crippen LogP contribution >= 0.6 is 0 Å². The minimum absolute atomic E-state index is 0.345. The molecule has 0 N–H and O–H groups in total. The lowest BCUT2D eigenvalue weighted by atomic mass is 9.81. The highest BCUT2D eigenvalue weighted by atomic mass is 16.5. The van der Waals surface area contributed by atoms with E-state index in [0.717, 1.165) is 25.0 Å². The zero-order valence-corrected chi connectivity index (χ0v) is 20.4. The first-order valence-electron chi connectivity index (χ1n) is 13.4. The summed E-state index contributed by atoms with van der Waals surface area (Å²) in [5, 5.41) is 0. The number of ether oxygens (including phenoxy) is 1. The van der Waals surface area contributed by atoms with Crippen molar-refractivity contribution < 1.29 is 4.74 Å². The fourth-order valence-corrected chi connectivity index (χ4v) is 7.27. The summed E-state index contributed by atoms with van der Waals surface area (Å²) < 4.78 is 6.30. The van der Waals surface area contributed by atoms with Crippen molar-refractivity contribution in [3.8, 4) is 11.1 Å². The van der Waals surface area contributed by atoms with Gasteiger partial charge in [0.25, 0.3) is 0 Å². The van der Waals surface area contributed by atoms with Gasteiger partial charge in [0.05, 0.1) is 0 Å². The van der Waals surface area contributed by atoms with Gasteiger partial charge in [0.15, 0.2) is 0 Å². The second-order valence-electron chi connectivity index (χ2n) is 11.1. The second kappa shape index (κ2) is 7.87. The molecule has 5 unspecified atom stereocenters. The van der Waals surface area contributed by atoms with Gasteiger partial charge in [-0.15, -0.1) is 0 Å². The van der Waals surface area contributed by atoms with Gasteiger partial charge in [-0.3, -0.25) is 0 Å². The molecule has 172 valence electrons. The number of fused-ring (bicyclic) bond motifs is 5. The normalized spacial score (nSPS) is 30.5. The van der Waals surface area contributed by atoms with Gasteiger partial charge in [0, 0.05) is 30.1 Å². The molecule has 2 aromatic carbocycles. The van der Waals surface area contributed by atoms with Crippen molar-refractivity contribution in [2.45, 2.75) is 76.2 Å². The molecule has 5 aliphatic rings. The van der Waals surface area contributed by atoms with Gasteiger partial charge in [-0.1, -0.05) is 73.2 Å². The van der Waals surface area contributed by atoms with E-state index in [4.69, 9.17) is 4.74 Å². The van der Waals surface area contributed by atoms with Gasteiger partial charge in [-0.2, -0.15) is 0 Å². The molecule has 4 aliphatic carbocycles. The van der Waals surface area contributed by atoms with Crippen molar-refractivity contribution in [3.05, 3.63) is 106 Å². The van der Waals surface area contributed by atoms with Crippen molar-refractivity contribution in [3.63, 3.8) is 0 Å². The Morgan fingerprint density at radius 2 is 1.68 bits per heavy atom. The van der Waals surface area contributed by atoms with E-state index < -0.39 is 0 Å². The minimum atomic E-state index is 0.345. The third-order valence-corrected chi connectivity index (χ3v) is 9.02. The second-order valence-corrected chi connectivity index (χ2v) is 11.1. The van der Waals surface area contributed by atoms with Gasteiger partial charge >= 0.3 is 0 Å². The number of hydrogen-bond donors (Lipinski definition) is 0. The molecule has 1 heteroatoms. The number of rotatable bonds is 3. The van der Waals surface area contributed by atoms with E-state index in [2.05, 4.69) is 80.6 Å².